The van der Waals surface area contributed by atoms with Gasteiger partial charge in [0.15, 0.2) is 0 Å². The topological polar surface area (TPSA) is 12.0 Å². The average Bonchev–Trinajstić information content (AvgIpc) is 2.00. The summed E-state index contributed by atoms with van der Waals surface area (Å²) >= 11 is 8.90. The van der Waals surface area contributed by atoms with Gasteiger partial charge in [0, 0.05) is 11.0 Å². The number of hydrogen-bond acceptors (Lipinski definition) is 1. The zero-order chi connectivity index (χ0) is 9.14. The third kappa shape index (κ3) is 2.19. The Morgan fingerprint density at radius 1 is 1.58 bits per heavy atom. The van der Waals surface area contributed by atoms with Gasteiger partial charge in [-0.2, -0.15) is 0 Å². The van der Waals surface area contributed by atoms with Gasteiger partial charge in [0.05, 0.1) is 5.02 Å². The first-order valence-electron chi connectivity index (χ1n) is 3.43. The third-order valence-electron chi connectivity index (χ3n) is 1.44. The van der Waals surface area contributed by atoms with Crippen molar-refractivity contribution < 1.29 is 4.39 Å². The van der Waals surface area contributed by atoms with Crippen LogP contribution < -0.4 is 5.32 Å². The molecule has 0 aliphatic carbocycles. The standard InChI is InChI=1S/C8H8BrClFN/c1-12-4-5-2-6(9)3-7(11)8(5)10/h2-3,12H,4H2,1H3. The molecule has 1 nitrogen and oxygen atoms in total. The van der Waals surface area contributed by atoms with E-state index in [1.54, 1.807) is 13.1 Å². The molecule has 1 aromatic rings. The molecule has 0 radical (unpaired) electrons. The maximum absolute atomic E-state index is 13.0. The maximum Gasteiger partial charge on any atom is 0.143 e. The van der Waals surface area contributed by atoms with Gasteiger partial charge in [-0.1, -0.05) is 27.5 Å². The maximum atomic E-state index is 13.0. The summed E-state index contributed by atoms with van der Waals surface area (Å²) in [6.45, 7) is 0.565. The van der Waals surface area contributed by atoms with Gasteiger partial charge < -0.3 is 5.32 Å². The van der Waals surface area contributed by atoms with Crippen LogP contribution in [0.5, 0.6) is 0 Å². The minimum Gasteiger partial charge on any atom is -0.316 e. The van der Waals surface area contributed by atoms with Gasteiger partial charge in [-0.3, -0.25) is 0 Å². The molecule has 0 atom stereocenters. The molecule has 0 bridgehead atoms. The minimum absolute atomic E-state index is 0.188. The predicted octanol–water partition coefficient (Wildman–Crippen LogP) is 2.96. The lowest BCUT2D eigenvalue weighted by Gasteiger charge is -2.04. The lowest BCUT2D eigenvalue weighted by atomic mass is 10.2. The fourth-order valence-corrected chi connectivity index (χ4v) is 1.58. The summed E-state index contributed by atoms with van der Waals surface area (Å²) in [5, 5.41) is 3.09. The second-order valence-corrected chi connectivity index (χ2v) is 3.68. The quantitative estimate of drug-likeness (QED) is 0.798. The van der Waals surface area contributed by atoms with E-state index in [4.69, 9.17) is 11.6 Å². The summed E-state index contributed by atoms with van der Waals surface area (Å²) in [7, 11) is 1.79. The monoisotopic (exact) mass is 251 g/mol. The smallest absolute Gasteiger partial charge is 0.143 e. The van der Waals surface area contributed by atoms with Crippen LogP contribution in [0.3, 0.4) is 0 Å². The van der Waals surface area contributed by atoms with Crippen molar-refractivity contribution >= 4 is 27.5 Å². The first kappa shape index (κ1) is 9.96. The highest BCUT2D eigenvalue weighted by Gasteiger charge is 2.06. The number of benzene rings is 1. The molecular formula is C8H8BrClFN. The number of hydrogen-bond donors (Lipinski definition) is 1. The van der Waals surface area contributed by atoms with E-state index >= 15 is 0 Å². The van der Waals surface area contributed by atoms with Crippen molar-refractivity contribution in [1.82, 2.24) is 5.32 Å². The fourth-order valence-electron chi connectivity index (χ4n) is 0.928. The first-order valence-corrected chi connectivity index (χ1v) is 4.60. The Balaban J connectivity index is 3.09. The fraction of sp³-hybridized carbons (Fsp3) is 0.250. The Morgan fingerprint density at radius 2 is 2.25 bits per heavy atom. The van der Waals surface area contributed by atoms with Crippen LogP contribution in [0.4, 0.5) is 4.39 Å². The Bertz CT molecular complexity index is 291. The summed E-state index contributed by atoms with van der Waals surface area (Å²) in [5.74, 6) is -0.392. The summed E-state index contributed by atoms with van der Waals surface area (Å²) < 4.78 is 13.7. The lowest BCUT2D eigenvalue weighted by molar-refractivity contribution is 0.623. The molecular weight excluding hydrogens is 244 g/mol. The van der Waals surface area contributed by atoms with Crippen molar-refractivity contribution in [2.45, 2.75) is 6.54 Å². The minimum atomic E-state index is -0.392. The molecule has 4 heteroatoms. The van der Waals surface area contributed by atoms with Crippen LogP contribution >= 0.6 is 27.5 Å². The lowest BCUT2D eigenvalue weighted by Crippen LogP contribution is -2.06. The summed E-state index contributed by atoms with van der Waals surface area (Å²) in [4.78, 5) is 0. The Morgan fingerprint density at radius 3 is 2.83 bits per heavy atom. The van der Waals surface area contributed by atoms with Gasteiger partial charge >= 0.3 is 0 Å². The van der Waals surface area contributed by atoms with Crippen molar-refractivity contribution in [3.8, 4) is 0 Å². The van der Waals surface area contributed by atoms with E-state index in [0.717, 1.165) is 5.56 Å². The van der Waals surface area contributed by atoms with E-state index < -0.39 is 5.82 Å². The van der Waals surface area contributed by atoms with Gasteiger partial charge in [-0.25, -0.2) is 4.39 Å². The predicted molar refractivity (Wildman–Crippen MR) is 51.9 cm³/mol. The molecule has 0 heterocycles. The van der Waals surface area contributed by atoms with Crippen molar-refractivity contribution in [2.24, 2.45) is 0 Å². The van der Waals surface area contributed by atoms with Gasteiger partial charge in [0.1, 0.15) is 5.82 Å². The van der Waals surface area contributed by atoms with Gasteiger partial charge in [-0.05, 0) is 24.7 Å². The highest BCUT2D eigenvalue weighted by Crippen LogP contribution is 2.24. The molecule has 1 rings (SSSR count). The van der Waals surface area contributed by atoms with Crippen LogP contribution in [-0.4, -0.2) is 7.05 Å². The molecule has 12 heavy (non-hydrogen) atoms. The average molecular weight is 253 g/mol. The van der Waals surface area contributed by atoms with E-state index in [1.807, 2.05) is 0 Å². The Labute approximate surface area is 84.0 Å². The van der Waals surface area contributed by atoms with Crippen molar-refractivity contribution in [2.75, 3.05) is 7.05 Å². The molecule has 0 unspecified atom stereocenters. The van der Waals surface area contributed by atoms with Crippen LogP contribution in [0.25, 0.3) is 0 Å². The Hall–Kier alpha value is -0.120. The molecule has 66 valence electrons. The number of nitrogens with one attached hydrogen (secondary N) is 1. The van der Waals surface area contributed by atoms with Crippen molar-refractivity contribution in [1.29, 1.82) is 0 Å². The third-order valence-corrected chi connectivity index (χ3v) is 2.32. The van der Waals surface area contributed by atoms with E-state index in [2.05, 4.69) is 21.2 Å². The highest BCUT2D eigenvalue weighted by molar-refractivity contribution is 9.10. The van der Waals surface area contributed by atoms with Gasteiger partial charge in [0.2, 0.25) is 0 Å². The van der Waals surface area contributed by atoms with Gasteiger partial charge in [0.25, 0.3) is 0 Å². The SMILES string of the molecule is CNCc1cc(Br)cc(F)c1Cl. The normalized spacial score (nSPS) is 10.3. The molecule has 0 saturated heterocycles. The number of rotatable bonds is 2. The van der Waals surface area contributed by atoms with Crippen LogP contribution in [0.1, 0.15) is 5.56 Å². The van der Waals surface area contributed by atoms with Crippen molar-refractivity contribution in [3.05, 3.63) is 33.0 Å². The molecule has 0 aliphatic rings. The molecule has 0 spiro atoms. The van der Waals surface area contributed by atoms with Crippen molar-refractivity contribution in [3.63, 3.8) is 0 Å². The van der Waals surface area contributed by atoms with E-state index in [1.165, 1.54) is 6.07 Å². The van der Waals surface area contributed by atoms with Crippen LogP contribution in [0.2, 0.25) is 5.02 Å². The summed E-state index contributed by atoms with van der Waals surface area (Å²) in [6.07, 6.45) is 0. The molecule has 0 saturated carbocycles. The van der Waals surface area contributed by atoms with E-state index in [9.17, 15) is 4.39 Å². The zero-order valence-corrected chi connectivity index (χ0v) is 8.84. The van der Waals surface area contributed by atoms with Crippen LogP contribution in [0, 0.1) is 5.82 Å². The largest absolute Gasteiger partial charge is 0.316 e. The Kier molecular flexibility index (Phi) is 3.50. The highest BCUT2D eigenvalue weighted by atomic mass is 79.9. The first-order chi connectivity index (χ1) is 5.65. The summed E-state index contributed by atoms with van der Waals surface area (Å²) in [5.41, 5.74) is 0.756. The molecule has 0 aromatic heterocycles. The zero-order valence-electron chi connectivity index (χ0n) is 6.50. The van der Waals surface area contributed by atoms with Gasteiger partial charge in [-0.15, -0.1) is 0 Å². The van der Waals surface area contributed by atoms with E-state index in [0.29, 0.717) is 11.0 Å². The molecule has 0 fully saturated rings. The molecule has 1 aromatic carbocycles. The van der Waals surface area contributed by atoms with E-state index in [-0.39, 0.29) is 5.02 Å². The second-order valence-electron chi connectivity index (χ2n) is 2.39. The van der Waals surface area contributed by atoms with Crippen LogP contribution in [0.15, 0.2) is 16.6 Å². The molecule has 0 aliphatic heterocycles. The molecule has 1 N–H and O–H groups in total. The second kappa shape index (κ2) is 4.21. The summed E-state index contributed by atoms with van der Waals surface area (Å²) in [6, 6.07) is 3.14. The molecule has 0 amide bonds. The number of halogens is 3. The van der Waals surface area contributed by atoms with Crippen LogP contribution in [-0.2, 0) is 6.54 Å².